The van der Waals surface area contributed by atoms with Crippen molar-refractivity contribution < 1.29 is 14.3 Å². The van der Waals surface area contributed by atoms with Gasteiger partial charge in [-0.1, -0.05) is 25.1 Å². The molecule has 0 radical (unpaired) electrons. The summed E-state index contributed by atoms with van der Waals surface area (Å²) in [5, 5.41) is 0.476. The fraction of sp³-hybridized carbons (Fsp3) is 0.786. The van der Waals surface area contributed by atoms with Crippen LogP contribution in [-0.4, -0.2) is 41.9 Å². The molecule has 0 aromatic heterocycles. The highest BCUT2D eigenvalue weighted by atomic mass is 35.5. The Balaban J connectivity index is 2.59. The number of nitrogens with zero attached hydrogens (tertiary/aromatic N) is 1. The number of carbonyl (C=O) groups is 1. The Morgan fingerprint density at radius 3 is 2.58 bits per heavy atom. The van der Waals surface area contributed by atoms with Crippen LogP contribution >= 0.6 is 11.6 Å². The number of likely N-dealkylation sites (tertiary alicyclic amines) is 1. The third-order valence-corrected chi connectivity index (χ3v) is 3.26. The lowest BCUT2D eigenvalue weighted by molar-refractivity contribution is -0.0302. The van der Waals surface area contributed by atoms with Crippen molar-refractivity contribution in [1.82, 2.24) is 4.90 Å². The lowest BCUT2D eigenvalue weighted by atomic mass is 10.00. The van der Waals surface area contributed by atoms with Gasteiger partial charge >= 0.3 is 6.09 Å². The van der Waals surface area contributed by atoms with Crippen LogP contribution in [0.5, 0.6) is 0 Å². The Bertz CT molecular complexity index is 351. The Hall–Kier alpha value is -0.740. The summed E-state index contributed by atoms with van der Waals surface area (Å²) in [6, 6.07) is 0. The molecule has 0 bridgehead atoms. The topological polar surface area (TPSA) is 38.8 Å². The predicted molar refractivity (Wildman–Crippen MR) is 76.4 cm³/mol. The monoisotopic (exact) mass is 289 g/mol. The van der Waals surface area contributed by atoms with Crippen molar-refractivity contribution in [2.24, 2.45) is 0 Å². The van der Waals surface area contributed by atoms with Gasteiger partial charge in [-0.3, -0.25) is 0 Å². The molecular formula is C14H24ClNO3. The summed E-state index contributed by atoms with van der Waals surface area (Å²) < 4.78 is 11.2. The summed E-state index contributed by atoms with van der Waals surface area (Å²) in [7, 11) is 0. The van der Waals surface area contributed by atoms with Crippen molar-refractivity contribution in [3.05, 3.63) is 11.6 Å². The molecule has 1 atom stereocenters. The number of rotatable bonds is 4. The number of halogens is 1. The minimum atomic E-state index is -0.472. The third kappa shape index (κ3) is 5.03. The molecule has 1 amide bonds. The molecular weight excluding hydrogens is 266 g/mol. The maximum absolute atomic E-state index is 12.0. The molecule has 5 heteroatoms. The van der Waals surface area contributed by atoms with E-state index in [9.17, 15) is 4.79 Å². The molecule has 0 aromatic rings. The molecule has 1 heterocycles. The largest absolute Gasteiger partial charge is 0.444 e. The highest BCUT2D eigenvalue weighted by Gasteiger charge is 2.40. The van der Waals surface area contributed by atoms with Crippen LogP contribution in [0.15, 0.2) is 11.6 Å². The van der Waals surface area contributed by atoms with Crippen molar-refractivity contribution in [3.8, 4) is 0 Å². The van der Waals surface area contributed by atoms with E-state index in [2.05, 4.69) is 13.5 Å². The van der Waals surface area contributed by atoms with Crippen molar-refractivity contribution in [2.75, 3.05) is 19.7 Å². The van der Waals surface area contributed by atoms with E-state index >= 15 is 0 Å². The van der Waals surface area contributed by atoms with Crippen molar-refractivity contribution in [1.29, 1.82) is 0 Å². The first-order valence-electron chi connectivity index (χ1n) is 6.63. The summed E-state index contributed by atoms with van der Waals surface area (Å²) in [6.45, 7) is 12.8. The second-order valence-corrected chi connectivity index (χ2v) is 6.53. The van der Waals surface area contributed by atoms with Gasteiger partial charge in [0.1, 0.15) is 5.60 Å². The van der Waals surface area contributed by atoms with Crippen LogP contribution in [0, 0.1) is 0 Å². The minimum absolute atomic E-state index is 0.281. The second kappa shape index (κ2) is 6.14. The Morgan fingerprint density at radius 2 is 2.11 bits per heavy atom. The van der Waals surface area contributed by atoms with E-state index in [1.54, 1.807) is 4.90 Å². The zero-order valence-corrected chi connectivity index (χ0v) is 13.0. The summed E-state index contributed by atoms with van der Waals surface area (Å²) in [5.41, 5.74) is -0.797. The molecule has 1 saturated heterocycles. The molecule has 0 saturated carbocycles. The highest BCUT2D eigenvalue weighted by molar-refractivity contribution is 6.29. The molecule has 0 N–H and O–H groups in total. The van der Waals surface area contributed by atoms with Gasteiger partial charge in [-0.05, 0) is 33.6 Å². The van der Waals surface area contributed by atoms with Gasteiger partial charge in [-0.25, -0.2) is 4.79 Å². The predicted octanol–water partition coefficient (Wildman–Crippen LogP) is 3.55. The molecule has 0 aliphatic carbocycles. The number of hydrogen-bond donors (Lipinski definition) is 0. The lowest BCUT2D eigenvalue weighted by Crippen LogP contribution is -2.40. The third-order valence-electron chi connectivity index (χ3n) is 3.15. The average Bonchev–Trinajstić information content (AvgIpc) is 2.69. The van der Waals surface area contributed by atoms with Gasteiger partial charge in [0.05, 0.1) is 18.8 Å². The maximum atomic E-state index is 12.0. The van der Waals surface area contributed by atoms with Gasteiger partial charge in [0.15, 0.2) is 0 Å². The number of ether oxygens (including phenoxy) is 2. The highest BCUT2D eigenvalue weighted by Crippen LogP contribution is 2.30. The standard InChI is InChI=1S/C14H24ClNO3/c1-6-14(18-9-11(2)15)7-8-16(10-14)12(17)19-13(3,4)5/h2,6-10H2,1,3-5H3. The molecule has 19 heavy (non-hydrogen) atoms. The van der Waals surface area contributed by atoms with E-state index in [4.69, 9.17) is 21.1 Å². The summed E-state index contributed by atoms with van der Waals surface area (Å²) >= 11 is 5.74. The van der Waals surface area contributed by atoms with Crippen LogP contribution in [0.2, 0.25) is 0 Å². The molecule has 1 aliphatic rings. The SMILES string of the molecule is C=C(Cl)COC1(CC)CCN(C(=O)OC(C)(C)C)C1. The molecule has 0 spiro atoms. The maximum Gasteiger partial charge on any atom is 0.410 e. The summed E-state index contributed by atoms with van der Waals surface area (Å²) in [6.07, 6.45) is 1.35. The zero-order chi connectivity index (χ0) is 14.7. The van der Waals surface area contributed by atoms with E-state index in [1.807, 2.05) is 20.8 Å². The first-order valence-corrected chi connectivity index (χ1v) is 7.00. The fourth-order valence-electron chi connectivity index (χ4n) is 2.07. The van der Waals surface area contributed by atoms with Gasteiger partial charge in [0, 0.05) is 11.6 Å². The molecule has 110 valence electrons. The normalized spacial score (nSPS) is 23.5. The van der Waals surface area contributed by atoms with Gasteiger partial charge < -0.3 is 14.4 Å². The van der Waals surface area contributed by atoms with Crippen LogP contribution in [0.1, 0.15) is 40.5 Å². The molecule has 1 unspecified atom stereocenters. The number of hydrogen-bond acceptors (Lipinski definition) is 3. The fourth-order valence-corrected chi connectivity index (χ4v) is 2.12. The van der Waals surface area contributed by atoms with E-state index in [1.165, 1.54) is 0 Å². The first-order chi connectivity index (χ1) is 8.67. The van der Waals surface area contributed by atoms with Crippen molar-refractivity contribution in [2.45, 2.75) is 51.7 Å². The van der Waals surface area contributed by atoms with Crippen LogP contribution < -0.4 is 0 Å². The van der Waals surface area contributed by atoms with Crippen molar-refractivity contribution >= 4 is 17.7 Å². The molecule has 1 aliphatic heterocycles. The quantitative estimate of drug-likeness (QED) is 0.794. The van der Waals surface area contributed by atoms with E-state index in [0.29, 0.717) is 24.7 Å². The van der Waals surface area contributed by atoms with E-state index in [-0.39, 0.29) is 11.7 Å². The van der Waals surface area contributed by atoms with E-state index in [0.717, 1.165) is 12.8 Å². The number of amides is 1. The van der Waals surface area contributed by atoms with Gasteiger partial charge in [0.2, 0.25) is 0 Å². The van der Waals surface area contributed by atoms with Crippen LogP contribution in [0.3, 0.4) is 0 Å². The average molecular weight is 290 g/mol. The van der Waals surface area contributed by atoms with Crippen LogP contribution in [0.25, 0.3) is 0 Å². The van der Waals surface area contributed by atoms with Gasteiger partial charge in [0.25, 0.3) is 0 Å². The lowest BCUT2D eigenvalue weighted by Gasteiger charge is -2.29. The molecule has 4 nitrogen and oxygen atoms in total. The second-order valence-electron chi connectivity index (χ2n) is 5.99. The smallest absolute Gasteiger partial charge is 0.410 e. The Kier molecular flexibility index (Phi) is 5.27. The van der Waals surface area contributed by atoms with Gasteiger partial charge in [-0.15, -0.1) is 0 Å². The number of carbonyl (C=O) groups excluding carboxylic acids is 1. The Morgan fingerprint density at radius 1 is 1.47 bits per heavy atom. The van der Waals surface area contributed by atoms with Crippen LogP contribution in [0.4, 0.5) is 4.79 Å². The zero-order valence-electron chi connectivity index (χ0n) is 12.3. The molecule has 1 fully saturated rings. The van der Waals surface area contributed by atoms with Crippen LogP contribution in [-0.2, 0) is 9.47 Å². The Labute approximate surface area is 120 Å². The summed E-state index contributed by atoms with van der Waals surface area (Å²) in [5.74, 6) is 0. The first kappa shape index (κ1) is 16.3. The van der Waals surface area contributed by atoms with Crippen molar-refractivity contribution in [3.63, 3.8) is 0 Å². The molecule has 0 aromatic carbocycles. The minimum Gasteiger partial charge on any atom is -0.444 e. The molecule has 1 rings (SSSR count). The van der Waals surface area contributed by atoms with E-state index < -0.39 is 5.60 Å². The summed E-state index contributed by atoms with van der Waals surface area (Å²) in [4.78, 5) is 13.7. The van der Waals surface area contributed by atoms with Gasteiger partial charge in [-0.2, -0.15) is 0 Å².